The van der Waals surface area contributed by atoms with Crippen LogP contribution in [0.5, 0.6) is 0 Å². The van der Waals surface area contributed by atoms with Gasteiger partial charge in [0.05, 0.1) is 21.7 Å². The first kappa shape index (κ1) is 25.4. The van der Waals surface area contributed by atoms with Crippen LogP contribution < -0.4 is 10.0 Å². The predicted molar refractivity (Wildman–Crippen MR) is 123 cm³/mol. The molecule has 2 aromatic rings. The van der Waals surface area contributed by atoms with Gasteiger partial charge in [0.2, 0.25) is 10.0 Å². The minimum absolute atomic E-state index is 0.0297. The maximum absolute atomic E-state index is 13.0. The molecule has 2 aliphatic heterocycles. The SMILES string of the molecule is NS(=O)(=O)c1cc2c(cc1Cl)C(=O)N(CCCN1CCN(c3cccc(C(F)(F)F)c3)CC1)C2=O. The molecule has 0 saturated carbocycles. The first-order valence-electron chi connectivity index (χ1n) is 10.7. The fraction of sp³-hybridized carbons (Fsp3) is 0.364. The van der Waals surface area contributed by atoms with Gasteiger partial charge in [0.25, 0.3) is 11.8 Å². The molecule has 2 aliphatic rings. The number of anilines is 1. The summed E-state index contributed by atoms with van der Waals surface area (Å²) in [5.41, 5.74) is -0.195. The largest absolute Gasteiger partial charge is 0.416 e. The van der Waals surface area contributed by atoms with Crippen molar-refractivity contribution in [2.45, 2.75) is 17.5 Å². The maximum Gasteiger partial charge on any atom is 0.416 e. The first-order chi connectivity index (χ1) is 16.4. The fourth-order valence-corrected chi connectivity index (χ4v) is 5.37. The number of halogens is 4. The third-order valence-corrected chi connectivity index (χ3v) is 7.47. The predicted octanol–water partition coefficient (Wildman–Crippen LogP) is 2.81. The van der Waals surface area contributed by atoms with Gasteiger partial charge in [-0.15, -0.1) is 0 Å². The summed E-state index contributed by atoms with van der Waals surface area (Å²) >= 11 is 5.94. The van der Waals surface area contributed by atoms with E-state index in [9.17, 15) is 31.2 Å². The molecule has 13 heteroatoms. The molecule has 0 bridgehead atoms. The van der Waals surface area contributed by atoms with E-state index in [1.807, 2.05) is 4.90 Å². The number of sulfonamides is 1. The van der Waals surface area contributed by atoms with Crippen LogP contribution in [0.1, 0.15) is 32.7 Å². The number of imide groups is 1. The monoisotopic (exact) mass is 530 g/mol. The summed E-state index contributed by atoms with van der Waals surface area (Å²) in [4.78, 5) is 30.0. The molecule has 1 fully saturated rings. The molecule has 188 valence electrons. The fourth-order valence-electron chi connectivity index (χ4n) is 4.27. The van der Waals surface area contributed by atoms with Gasteiger partial charge in [-0.3, -0.25) is 19.4 Å². The number of primary sulfonamides is 1. The van der Waals surface area contributed by atoms with Crippen LogP contribution in [-0.4, -0.2) is 69.3 Å². The van der Waals surface area contributed by atoms with Crippen molar-refractivity contribution >= 4 is 39.1 Å². The quantitative estimate of drug-likeness (QED) is 0.576. The number of carbonyl (C=O) groups is 2. The molecule has 1 saturated heterocycles. The van der Waals surface area contributed by atoms with E-state index in [1.54, 1.807) is 6.07 Å². The van der Waals surface area contributed by atoms with E-state index in [0.29, 0.717) is 44.8 Å². The molecule has 0 aliphatic carbocycles. The Balaban J connectivity index is 1.32. The average molecular weight is 531 g/mol. The molecular weight excluding hydrogens is 509 g/mol. The average Bonchev–Trinajstić information content (AvgIpc) is 3.02. The second-order valence-corrected chi connectivity index (χ2v) is 10.3. The summed E-state index contributed by atoms with van der Waals surface area (Å²) in [6.07, 6.45) is -3.92. The van der Waals surface area contributed by atoms with Crippen LogP contribution in [0.15, 0.2) is 41.3 Å². The maximum atomic E-state index is 13.0. The highest BCUT2D eigenvalue weighted by Gasteiger charge is 2.37. The number of nitrogens with zero attached hydrogens (tertiary/aromatic N) is 3. The Morgan fingerprint density at radius 1 is 0.943 bits per heavy atom. The van der Waals surface area contributed by atoms with E-state index in [4.69, 9.17) is 16.7 Å². The number of fused-ring (bicyclic) bond motifs is 1. The zero-order valence-electron chi connectivity index (χ0n) is 18.4. The van der Waals surface area contributed by atoms with E-state index in [0.717, 1.165) is 29.2 Å². The molecule has 2 aromatic carbocycles. The number of rotatable bonds is 6. The summed E-state index contributed by atoms with van der Waals surface area (Å²) in [6, 6.07) is 7.41. The molecule has 2 amide bonds. The second kappa shape index (κ2) is 9.41. The van der Waals surface area contributed by atoms with Crippen molar-refractivity contribution in [3.8, 4) is 0 Å². The van der Waals surface area contributed by atoms with Crippen LogP contribution in [0.3, 0.4) is 0 Å². The number of carbonyl (C=O) groups excluding carboxylic acids is 2. The normalized spacial score (nSPS) is 17.3. The Morgan fingerprint density at radius 3 is 2.17 bits per heavy atom. The lowest BCUT2D eigenvalue weighted by atomic mass is 10.1. The van der Waals surface area contributed by atoms with Crippen molar-refractivity contribution in [2.24, 2.45) is 5.14 Å². The third-order valence-electron chi connectivity index (χ3n) is 6.10. The minimum atomic E-state index is -4.40. The first-order valence-corrected chi connectivity index (χ1v) is 12.7. The highest BCUT2D eigenvalue weighted by Crippen LogP contribution is 2.32. The molecule has 2 heterocycles. The van der Waals surface area contributed by atoms with Gasteiger partial charge in [0, 0.05) is 38.4 Å². The molecule has 2 N–H and O–H groups in total. The molecule has 8 nitrogen and oxygen atoms in total. The summed E-state index contributed by atoms with van der Waals surface area (Å²) < 4.78 is 62.3. The molecule has 0 radical (unpaired) electrons. The van der Waals surface area contributed by atoms with Gasteiger partial charge >= 0.3 is 6.18 Å². The van der Waals surface area contributed by atoms with Gasteiger partial charge in [-0.2, -0.15) is 13.2 Å². The molecule has 0 spiro atoms. The summed E-state index contributed by atoms with van der Waals surface area (Å²) in [6.45, 7) is 3.03. The van der Waals surface area contributed by atoms with Crippen molar-refractivity contribution in [2.75, 3.05) is 44.2 Å². The van der Waals surface area contributed by atoms with Gasteiger partial charge in [0.1, 0.15) is 4.90 Å². The molecule has 35 heavy (non-hydrogen) atoms. The molecule has 0 unspecified atom stereocenters. The van der Waals surface area contributed by atoms with Crippen LogP contribution in [-0.2, 0) is 16.2 Å². The van der Waals surface area contributed by atoms with Crippen LogP contribution in [0, 0.1) is 0 Å². The summed E-state index contributed by atoms with van der Waals surface area (Å²) in [5.74, 6) is -1.16. The van der Waals surface area contributed by atoms with E-state index in [1.165, 1.54) is 6.07 Å². The van der Waals surface area contributed by atoms with E-state index >= 15 is 0 Å². The van der Waals surface area contributed by atoms with Crippen LogP contribution in [0.2, 0.25) is 5.02 Å². The van der Waals surface area contributed by atoms with Gasteiger partial charge in [-0.1, -0.05) is 17.7 Å². The standard InChI is InChI=1S/C22H22ClF3N4O4S/c23-18-12-16-17(13-19(18)35(27,33)34)21(32)30(20(16)31)6-2-5-28-7-9-29(10-8-28)15-4-1-3-14(11-15)22(24,25)26/h1,3-4,11-13H,2,5-10H2,(H2,27,33,34). The highest BCUT2D eigenvalue weighted by molar-refractivity contribution is 7.89. The Kier molecular flexibility index (Phi) is 6.84. The number of amides is 2. The van der Waals surface area contributed by atoms with Gasteiger partial charge < -0.3 is 4.90 Å². The topological polar surface area (TPSA) is 104 Å². The van der Waals surface area contributed by atoms with E-state index in [2.05, 4.69) is 4.90 Å². The van der Waals surface area contributed by atoms with E-state index in [-0.39, 0.29) is 22.7 Å². The molecular formula is C22H22ClF3N4O4S. The lowest BCUT2D eigenvalue weighted by molar-refractivity contribution is -0.137. The summed E-state index contributed by atoms with van der Waals surface area (Å²) in [5, 5.41) is 4.89. The van der Waals surface area contributed by atoms with Crippen LogP contribution in [0.25, 0.3) is 0 Å². The van der Waals surface area contributed by atoms with Gasteiger partial charge in [0.15, 0.2) is 0 Å². The smallest absolute Gasteiger partial charge is 0.369 e. The van der Waals surface area contributed by atoms with Crippen LogP contribution >= 0.6 is 11.6 Å². The number of piperazine rings is 1. The van der Waals surface area contributed by atoms with Gasteiger partial charge in [-0.25, -0.2) is 13.6 Å². The van der Waals surface area contributed by atoms with Crippen molar-refractivity contribution in [1.82, 2.24) is 9.80 Å². The van der Waals surface area contributed by atoms with Crippen molar-refractivity contribution < 1.29 is 31.2 Å². The van der Waals surface area contributed by atoms with Crippen molar-refractivity contribution in [1.29, 1.82) is 0 Å². The molecule has 0 atom stereocenters. The molecule has 4 rings (SSSR count). The second-order valence-electron chi connectivity index (χ2n) is 8.37. The zero-order chi connectivity index (χ0) is 25.5. The van der Waals surface area contributed by atoms with Gasteiger partial charge in [-0.05, 0) is 43.3 Å². The lowest BCUT2D eigenvalue weighted by Gasteiger charge is -2.36. The number of hydrogen-bond acceptors (Lipinski definition) is 6. The highest BCUT2D eigenvalue weighted by atomic mass is 35.5. The van der Waals surface area contributed by atoms with Crippen molar-refractivity contribution in [3.05, 3.63) is 58.1 Å². The number of benzene rings is 2. The van der Waals surface area contributed by atoms with Crippen LogP contribution in [0.4, 0.5) is 18.9 Å². The Labute approximate surface area is 205 Å². The number of alkyl halides is 3. The minimum Gasteiger partial charge on any atom is -0.369 e. The Bertz CT molecular complexity index is 1280. The van der Waals surface area contributed by atoms with Crippen molar-refractivity contribution in [3.63, 3.8) is 0 Å². The molecule has 0 aromatic heterocycles. The lowest BCUT2D eigenvalue weighted by Crippen LogP contribution is -2.47. The summed E-state index contributed by atoms with van der Waals surface area (Å²) in [7, 11) is -4.16. The number of nitrogens with two attached hydrogens (primary N) is 1. The Hall–Kier alpha value is -2.67. The third kappa shape index (κ3) is 5.30. The Morgan fingerprint density at radius 2 is 1.57 bits per heavy atom. The van der Waals surface area contributed by atoms with E-state index < -0.39 is 38.5 Å². The number of hydrogen-bond donors (Lipinski definition) is 1. The zero-order valence-corrected chi connectivity index (χ0v) is 20.0.